The van der Waals surface area contributed by atoms with E-state index in [1.165, 1.54) is 0 Å². The van der Waals surface area contributed by atoms with E-state index in [0.29, 0.717) is 36.4 Å². The lowest BCUT2D eigenvalue weighted by atomic mass is 10.2. The first-order valence-electron chi connectivity index (χ1n) is 7.27. The van der Waals surface area contributed by atoms with Crippen LogP contribution in [0.3, 0.4) is 0 Å². The van der Waals surface area contributed by atoms with Crippen LogP contribution in [-0.4, -0.2) is 47.0 Å². The summed E-state index contributed by atoms with van der Waals surface area (Å²) in [6.45, 7) is 3.17. The van der Waals surface area contributed by atoms with Crippen molar-refractivity contribution in [3.05, 3.63) is 40.4 Å². The monoisotopic (exact) mass is 321 g/mol. The molecule has 118 valence electrons. The van der Waals surface area contributed by atoms with E-state index in [1.807, 2.05) is 23.1 Å². The van der Waals surface area contributed by atoms with Crippen LogP contribution in [0, 0.1) is 0 Å². The van der Waals surface area contributed by atoms with Crippen LogP contribution >= 0.6 is 0 Å². The van der Waals surface area contributed by atoms with Gasteiger partial charge in [-0.1, -0.05) is 12.1 Å². The summed E-state index contributed by atoms with van der Waals surface area (Å²) in [7, 11) is -1.26. The van der Waals surface area contributed by atoms with Crippen LogP contribution in [0.4, 0.5) is 0 Å². The van der Waals surface area contributed by atoms with E-state index in [2.05, 4.69) is 4.98 Å². The highest BCUT2D eigenvalue weighted by molar-refractivity contribution is 7.92. The van der Waals surface area contributed by atoms with Gasteiger partial charge < -0.3 is 0 Å². The van der Waals surface area contributed by atoms with Gasteiger partial charge in [0.15, 0.2) is 9.84 Å². The lowest BCUT2D eigenvalue weighted by molar-refractivity contribution is 0.260. The minimum absolute atomic E-state index is 0.0710. The first-order chi connectivity index (χ1) is 10.4. The molecule has 0 N–H and O–H groups in total. The van der Waals surface area contributed by atoms with E-state index in [1.54, 1.807) is 24.6 Å². The van der Waals surface area contributed by atoms with Crippen LogP contribution in [0.15, 0.2) is 29.1 Å². The predicted molar refractivity (Wildman–Crippen MR) is 85.5 cm³/mol. The van der Waals surface area contributed by atoms with E-state index >= 15 is 0 Å². The van der Waals surface area contributed by atoms with Gasteiger partial charge in [0.05, 0.1) is 28.5 Å². The van der Waals surface area contributed by atoms with Crippen LogP contribution in [0.1, 0.15) is 12.7 Å². The zero-order valence-corrected chi connectivity index (χ0v) is 13.5. The molecule has 1 saturated heterocycles. The molecule has 2 aromatic rings. The molecule has 6 nitrogen and oxygen atoms in total. The van der Waals surface area contributed by atoms with Gasteiger partial charge in [-0.2, -0.15) is 0 Å². The third-order valence-corrected chi connectivity index (χ3v) is 6.39. The predicted octanol–water partition coefficient (Wildman–Crippen LogP) is 0.552. The van der Waals surface area contributed by atoms with Crippen molar-refractivity contribution >= 4 is 20.7 Å². The smallest absolute Gasteiger partial charge is 0.261 e. The molecule has 0 amide bonds. The molecule has 0 bridgehead atoms. The lowest BCUT2D eigenvalue weighted by Crippen LogP contribution is -2.45. The molecule has 0 saturated carbocycles. The number of sulfone groups is 1. The Hall–Kier alpha value is -1.73. The highest BCUT2D eigenvalue weighted by Crippen LogP contribution is 2.15. The van der Waals surface area contributed by atoms with Crippen LogP contribution in [-0.2, 0) is 23.4 Å². The molecule has 1 aliphatic heterocycles. The second-order valence-corrected chi connectivity index (χ2v) is 8.36. The number of nitrogens with zero attached hydrogens (tertiary/aromatic N) is 3. The first-order valence-corrected chi connectivity index (χ1v) is 8.98. The molecule has 7 heteroatoms. The van der Waals surface area contributed by atoms with E-state index < -0.39 is 9.84 Å². The molecule has 1 fully saturated rings. The lowest BCUT2D eigenvalue weighted by Gasteiger charge is -2.30. The molecule has 1 unspecified atom stereocenters. The molecule has 22 heavy (non-hydrogen) atoms. The second kappa shape index (κ2) is 5.48. The maximum atomic E-state index is 12.4. The fraction of sp³-hybridized carbons (Fsp3) is 0.467. The van der Waals surface area contributed by atoms with Gasteiger partial charge in [0.25, 0.3) is 5.56 Å². The van der Waals surface area contributed by atoms with Crippen molar-refractivity contribution in [1.29, 1.82) is 0 Å². The summed E-state index contributed by atoms with van der Waals surface area (Å²) in [6, 6.07) is 7.27. The summed E-state index contributed by atoms with van der Waals surface area (Å²) in [5, 5.41) is 0.224. The first kappa shape index (κ1) is 15.2. The SMILES string of the molecule is CC1CN(Cc2nc3ccccc3c(=O)n2C)CCS1(=O)=O. The van der Waals surface area contributed by atoms with Crippen molar-refractivity contribution in [2.75, 3.05) is 18.8 Å². The van der Waals surface area contributed by atoms with E-state index in [9.17, 15) is 13.2 Å². The van der Waals surface area contributed by atoms with Crippen LogP contribution in [0.2, 0.25) is 0 Å². The molecule has 0 aliphatic carbocycles. The maximum Gasteiger partial charge on any atom is 0.261 e. The minimum atomic E-state index is -2.97. The number of hydrogen-bond acceptors (Lipinski definition) is 5. The highest BCUT2D eigenvalue weighted by Gasteiger charge is 2.29. The molecular formula is C15H19N3O3S. The molecule has 1 aliphatic rings. The summed E-state index contributed by atoms with van der Waals surface area (Å²) in [4.78, 5) is 19.0. The normalized spacial score (nSPS) is 22.0. The summed E-state index contributed by atoms with van der Waals surface area (Å²) in [5.41, 5.74) is 0.608. The van der Waals surface area contributed by atoms with Crippen LogP contribution in [0.25, 0.3) is 10.9 Å². The Balaban J connectivity index is 1.92. The summed E-state index contributed by atoms with van der Waals surface area (Å²) in [6.07, 6.45) is 0. The average Bonchev–Trinajstić information content (AvgIpc) is 2.49. The zero-order valence-electron chi connectivity index (χ0n) is 12.7. The Bertz CT molecular complexity index is 873. The van der Waals surface area contributed by atoms with Crippen molar-refractivity contribution in [2.24, 2.45) is 7.05 Å². The van der Waals surface area contributed by atoms with Crippen molar-refractivity contribution in [2.45, 2.75) is 18.7 Å². The fourth-order valence-corrected chi connectivity index (χ4v) is 4.13. The van der Waals surface area contributed by atoms with Gasteiger partial charge >= 0.3 is 0 Å². The number of rotatable bonds is 2. The number of benzene rings is 1. The van der Waals surface area contributed by atoms with Gasteiger partial charge in [-0.15, -0.1) is 0 Å². The van der Waals surface area contributed by atoms with Crippen molar-refractivity contribution in [3.8, 4) is 0 Å². The topological polar surface area (TPSA) is 72.3 Å². The summed E-state index contributed by atoms with van der Waals surface area (Å²) >= 11 is 0. The largest absolute Gasteiger partial charge is 0.298 e. The molecular weight excluding hydrogens is 302 g/mol. The van der Waals surface area contributed by atoms with Gasteiger partial charge in [-0.25, -0.2) is 13.4 Å². The Morgan fingerprint density at radius 3 is 2.77 bits per heavy atom. The van der Waals surface area contributed by atoms with E-state index in [-0.39, 0.29) is 16.6 Å². The Morgan fingerprint density at radius 1 is 1.32 bits per heavy atom. The van der Waals surface area contributed by atoms with Crippen molar-refractivity contribution < 1.29 is 8.42 Å². The third-order valence-electron chi connectivity index (χ3n) is 4.26. The highest BCUT2D eigenvalue weighted by atomic mass is 32.2. The molecule has 2 heterocycles. The van der Waals surface area contributed by atoms with Gasteiger partial charge in [0, 0.05) is 20.1 Å². The average molecular weight is 321 g/mol. The Morgan fingerprint density at radius 2 is 2.05 bits per heavy atom. The number of fused-ring (bicyclic) bond motifs is 1. The maximum absolute atomic E-state index is 12.4. The molecule has 0 radical (unpaired) electrons. The van der Waals surface area contributed by atoms with Gasteiger partial charge in [-0.3, -0.25) is 14.3 Å². The van der Waals surface area contributed by atoms with Crippen molar-refractivity contribution in [1.82, 2.24) is 14.5 Å². The number of hydrogen-bond donors (Lipinski definition) is 0. The third kappa shape index (κ3) is 2.66. The molecule has 1 aromatic heterocycles. The standard InChI is InChI=1S/C15H19N3O3S/c1-11-9-18(7-8-22(11,20)21)10-14-16-13-6-4-3-5-12(13)15(19)17(14)2/h3-6,11H,7-10H2,1-2H3. The van der Waals surface area contributed by atoms with Gasteiger partial charge in [-0.05, 0) is 19.1 Å². The Kier molecular flexibility index (Phi) is 3.78. The van der Waals surface area contributed by atoms with Gasteiger partial charge in [0.1, 0.15) is 5.82 Å². The molecule has 3 rings (SSSR count). The van der Waals surface area contributed by atoms with E-state index in [4.69, 9.17) is 0 Å². The minimum Gasteiger partial charge on any atom is -0.298 e. The second-order valence-electron chi connectivity index (χ2n) is 5.82. The van der Waals surface area contributed by atoms with Crippen molar-refractivity contribution in [3.63, 3.8) is 0 Å². The van der Waals surface area contributed by atoms with Crippen LogP contribution in [0.5, 0.6) is 0 Å². The zero-order chi connectivity index (χ0) is 15.9. The summed E-state index contributed by atoms with van der Waals surface area (Å²) < 4.78 is 25.1. The quantitative estimate of drug-likeness (QED) is 0.808. The summed E-state index contributed by atoms with van der Waals surface area (Å²) in [5.74, 6) is 0.825. The van der Waals surface area contributed by atoms with E-state index in [0.717, 1.165) is 0 Å². The molecule has 1 aromatic carbocycles. The Labute approximate surface area is 129 Å². The number of para-hydroxylation sites is 1. The fourth-order valence-electron chi connectivity index (χ4n) is 2.77. The van der Waals surface area contributed by atoms with Gasteiger partial charge in [0.2, 0.25) is 0 Å². The number of aromatic nitrogens is 2. The molecule has 0 spiro atoms. The van der Waals surface area contributed by atoms with Crippen LogP contribution < -0.4 is 5.56 Å². The molecule has 1 atom stereocenters.